The normalized spacial score (nSPS) is 10.3. The fraction of sp³-hybridized carbons (Fsp3) is 0.105. The number of benzene rings is 2. The molecule has 3 aromatic rings. The maximum atomic E-state index is 11.4. The molecule has 0 amide bonds. The third-order valence-electron chi connectivity index (χ3n) is 3.65. The average Bonchev–Trinajstić information content (AvgIpc) is 2.67. The Labute approximate surface area is 145 Å². The van der Waals surface area contributed by atoms with Gasteiger partial charge in [-0.2, -0.15) is 0 Å². The van der Waals surface area contributed by atoms with Crippen LogP contribution in [0.1, 0.15) is 15.9 Å². The maximum absolute atomic E-state index is 11.4. The zero-order valence-corrected chi connectivity index (χ0v) is 13.6. The Balaban J connectivity index is 1.92. The number of hydrogen-bond acceptors (Lipinski definition) is 5. The number of anilines is 1. The van der Waals surface area contributed by atoms with Gasteiger partial charge in [0.25, 0.3) is 0 Å². The van der Waals surface area contributed by atoms with Crippen LogP contribution in [0.2, 0.25) is 0 Å². The van der Waals surface area contributed by atoms with Crippen molar-refractivity contribution in [3.8, 4) is 17.1 Å². The minimum atomic E-state index is -1.08. The van der Waals surface area contributed by atoms with Crippen molar-refractivity contribution in [1.29, 1.82) is 0 Å². The van der Waals surface area contributed by atoms with E-state index in [1.54, 1.807) is 13.2 Å². The molecule has 3 rings (SSSR count). The summed E-state index contributed by atoms with van der Waals surface area (Å²) in [5, 5.41) is 12.5. The van der Waals surface area contributed by atoms with Gasteiger partial charge in [-0.25, -0.2) is 14.8 Å². The number of aromatic nitrogens is 2. The summed E-state index contributed by atoms with van der Waals surface area (Å²) in [5.41, 5.74) is 1.81. The van der Waals surface area contributed by atoms with Gasteiger partial charge in [0.05, 0.1) is 7.11 Å². The number of hydrogen-bond donors (Lipinski definition) is 2. The van der Waals surface area contributed by atoms with E-state index in [4.69, 9.17) is 4.74 Å². The van der Waals surface area contributed by atoms with Crippen LogP contribution in [0.5, 0.6) is 5.75 Å². The highest BCUT2D eigenvalue weighted by Gasteiger charge is 2.14. The van der Waals surface area contributed by atoms with E-state index in [0.717, 1.165) is 11.1 Å². The van der Waals surface area contributed by atoms with E-state index in [9.17, 15) is 9.90 Å². The summed E-state index contributed by atoms with van der Waals surface area (Å²) in [7, 11) is 1.58. The first-order chi connectivity index (χ1) is 12.2. The van der Waals surface area contributed by atoms with Gasteiger partial charge < -0.3 is 15.2 Å². The van der Waals surface area contributed by atoms with Gasteiger partial charge in [-0.05, 0) is 17.7 Å². The highest BCUT2D eigenvalue weighted by Crippen LogP contribution is 2.23. The smallest absolute Gasteiger partial charge is 0.341 e. The summed E-state index contributed by atoms with van der Waals surface area (Å²) in [5.74, 6) is 0.318. The first kappa shape index (κ1) is 16.4. The molecule has 0 unspecified atom stereocenters. The lowest BCUT2D eigenvalue weighted by molar-refractivity contribution is 0.0697. The van der Waals surface area contributed by atoms with E-state index in [-0.39, 0.29) is 11.4 Å². The topological polar surface area (TPSA) is 84.3 Å². The van der Waals surface area contributed by atoms with Crippen LogP contribution in [-0.2, 0) is 6.54 Å². The molecule has 0 spiro atoms. The van der Waals surface area contributed by atoms with Crippen LogP contribution in [0, 0.1) is 0 Å². The van der Waals surface area contributed by atoms with Crippen molar-refractivity contribution in [3.05, 3.63) is 71.9 Å². The van der Waals surface area contributed by atoms with E-state index >= 15 is 0 Å². The zero-order valence-electron chi connectivity index (χ0n) is 13.6. The monoisotopic (exact) mass is 335 g/mol. The first-order valence-electron chi connectivity index (χ1n) is 7.70. The third-order valence-corrected chi connectivity index (χ3v) is 3.65. The van der Waals surface area contributed by atoms with Crippen LogP contribution in [0.15, 0.2) is 60.8 Å². The van der Waals surface area contributed by atoms with E-state index in [2.05, 4.69) is 15.3 Å². The number of nitrogens with one attached hydrogen (secondary N) is 1. The average molecular weight is 335 g/mol. The Bertz CT molecular complexity index is 882. The van der Waals surface area contributed by atoms with Crippen molar-refractivity contribution in [1.82, 2.24) is 9.97 Å². The van der Waals surface area contributed by atoms with Gasteiger partial charge in [-0.1, -0.05) is 42.5 Å². The number of rotatable bonds is 6. The molecule has 0 aliphatic rings. The Morgan fingerprint density at radius 3 is 2.68 bits per heavy atom. The van der Waals surface area contributed by atoms with Crippen molar-refractivity contribution < 1.29 is 14.6 Å². The lowest BCUT2D eigenvalue weighted by Crippen LogP contribution is -2.10. The van der Waals surface area contributed by atoms with Crippen LogP contribution in [0.25, 0.3) is 11.4 Å². The minimum absolute atomic E-state index is 0.0302. The van der Waals surface area contributed by atoms with Gasteiger partial charge in [0, 0.05) is 18.3 Å². The standard InChI is InChI=1S/C19H17N3O3/c1-25-15-9-5-8-14(10-15)17-21-12-16(19(23)24)18(22-17)20-11-13-6-3-2-4-7-13/h2-10,12H,11H2,1H3,(H,23,24)(H,20,21,22). The largest absolute Gasteiger partial charge is 0.497 e. The predicted octanol–water partition coefficient (Wildman–Crippen LogP) is 3.46. The fourth-order valence-corrected chi connectivity index (χ4v) is 2.36. The molecule has 25 heavy (non-hydrogen) atoms. The molecule has 2 N–H and O–H groups in total. The van der Waals surface area contributed by atoms with Crippen molar-refractivity contribution in [2.45, 2.75) is 6.54 Å². The van der Waals surface area contributed by atoms with Crippen molar-refractivity contribution in [3.63, 3.8) is 0 Å². The summed E-state index contributed by atoms with van der Waals surface area (Å²) in [4.78, 5) is 20.0. The predicted molar refractivity (Wildman–Crippen MR) is 94.7 cm³/mol. The van der Waals surface area contributed by atoms with Crippen molar-refractivity contribution in [2.24, 2.45) is 0 Å². The molecule has 0 atom stereocenters. The van der Waals surface area contributed by atoms with E-state index < -0.39 is 5.97 Å². The summed E-state index contributed by atoms with van der Waals surface area (Å²) in [6.07, 6.45) is 1.32. The molecule has 0 saturated heterocycles. The van der Waals surface area contributed by atoms with E-state index in [1.807, 2.05) is 48.5 Å². The van der Waals surface area contributed by atoms with Gasteiger partial charge in [0.15, 0.2) is 5.82 Å². The molecule has 0 radical (unpaired) electrons. The van der Waals surface area contributed by atoms with Crippen LogP contribution in [-0.4, -0.2) is 28.2 Å². The molecule has 0 fully saturated rings. The van der Waals surface area contributed by atoms with Crippen LogP contribution in [0.3, 0.4) is 0 Å². The number of methoxy groups -OCH3 is 1. The lowest BCUT2D eigenvalue weighted by Gasteiger charge is -2.11. The number of carboxylic acids is 1. The number of carbonyl (C=O) groups is 1. The molecule has 0 aliphatic carbocycles. The Morgan fingerprint density at radius 2 is 1.96 bits per heavy atom. The molecule has 6 heteroatoms. The fourth-order valence-electron chi connectivity index (χ4n) is 2.36. The van der Waals surface area contributed by atoms with Crippen molar-refractivity contribution in [2.75, 3.05) is 12.4 Å². The van der Waals surface area contributed by atoms with Crippen LogP contribution < -0.4 is 10.1 Å². The Morgan fingerprint density at radius 1 is 1.16 bits per heavy atom. The molecule has 0 saturated carbocycles. The molecule has 6 nitrogen and oxygen atoms in total. The quantitative estimate of drug-likeness (QED) is 0.717. The SMILES string of the molecule is COc1cccc(-c2ncc(C(=O)O)c(NCc3ccccc3)n2)c1. The second kappa shape index (κ2) is 7.44. The second-order valence-electron chi connectivity index (χ2n) is 5.33. The molecular formula is C19H17N3O3. The Kier molecular flexibility index (Phi) is 4.89. The van der Waals surface area contributed by atoms with Gasteiger partial charge in [0.2, 0.25) is 0 Å². The third kappa shape index (κ3) is 3.92. The number of ether oxygens (including phenoxy) is 1. The van der Waals surface area contributed by atoms with E-state index in [1.165, 1.54) is 6.20 Å². The summed E-state index contributed by atoms with van der Waals surface area (Å²) in [6.45, 7) is 0.468. The molecule has 126 valence electrons. The van der Waals surface area contributed by atoms with Gasteiger partial charge in [0.1, 0.15) is 17.1 Å². The molecule has 0 aliphatic heterocycles. The summed E-state index contributed by atoms with van der Waals surface area (Å²) in [6, 6.07) is 17.0. The Hall–Kier alpha value is -3.41. The maximum Gasteiger partial charge on any atom is 0.341 e. The first-order valence-corrected chi connectivity index (χ1v) is 7.70. The molecule has 0 bridgehead atoms. The van der Waals surface area contributed by atoms with Crippen LogP contribution in [0.4, 0.5) is 5.82 Å². The number of aromatic carboxylic acids is 1. The summed E-state index contributed by atoms with van der Waals surface area (Å²) < 4.78 is 5.21. The number of carboxylic acid groups (broad SMARTS) is 1. The minimum Gasteiger partial charge on any atom is -0.497 e. The van der Waals surface area contributed by atoms with Gasteiger partial charge in [-0.15, -0.1) is 0 Å². The molecular weight excluding hydrogens is 318 g/mol. The highest BCUT2D eigenvalue weighted by molar-refractivity contribution is 5.93. The summed E-state index contributed by atoms with van der Waals surface area (Å²) >= 11 is 0. The number of nitrogens with zero attached hydrogens (tertiary/aromatic N) is 2. The van der Waals surface area contributed by atoms with E-state index in [0.29, 0.717) is 18.1 Å². The van der Waals surface area contributed by atoms with Crippen molar-refractivity contribution >= 4 is 11.8 Å². The van der Waals surface area contributed by atoms with Gasteiger partial charge >= 0.3 is 5.97 Å². The molecule has 1 aromatic heterocycles. The molecule has 1 heterocycles. The highest BCUT2D eigenvalue weighted by atomic mass is 16.5. The molecule has 2 aromatic carbocycles. The van der Waals surface area contributed by atoms with Crippen LogP contribution >= 0.6 is 0 Å². The lowest BCUT2D eigenvalue weighted by atomic mass is 10.2. The second-order valence-corrected chi connectivity index (χ2v) is 5.33. The van der Waals surface area contributed by atoms with Gasteiger partial charge in [-0.3, -0.25) is 0 Å². The zero-order chi connectivity index (χ0) is 17.6.